The van der Waals surface area contributed by atoms with Crippen LogP contribution in [0.1, 0.15) is 90.2 Å². The Kier molecular flexibility index (Phi) is 31.2. The predicted octanol–water partition coefficient (Wildman–Crippen LogP) is -4.58. The lowest BCUT2D eigenvalue weighted by Crippen LogP contribution is -2.62. The van der Waals surface area contributed by atoms with E-state index in [0.717, 1.165) is 0 Å². The minimum Gasteiger partial charge on any atom is -0.481 e. The van der Waals surface area contributed by atoms with Gasteiger partial charge in [-0.2, -0.15) is 0 Å². The summed E-state index contributed by atoms with van der Waals surface area (Å²) in [6.45, 7) is 4.44. The standard InChI is InChI=1S/C57H84N14O17/c1-5-31(4)47(56(86)66-39(57(87)88)16-11-22-58)71-55(85)46(30(2)3)70-50(80)37(18-20-45(76)77)63-51(81)40(24-32-12-7-6-8-13-32)67-49(79)38(21-23-59)65-48(78)36(17-19-44(60)75)64-54(84)43(28-73)69-52(82)41(68-53(83)42(27-72)62-29-74)25-33-26-61-35-15-10-9-14-34(33)35/h6-10,12-15,26,29-31,36-43,46-47,61,72-73H,5,11,16-25,27-28,58-59H2,1-4H3,(H2,60,75)(H,62,74)(H,63,81)(H,64,84)(H,65,78)(H,66,86)(H,67,79)(H,68,83)(H,69,82)(H,70,80)(H,71,85)(H,76,77)(H,87,88). The molecule has 1 aromatic heterocycles. The third kappa shape index (κ3) is 23.7. The lowest BCUT2D eigenvalue weighted by Gasteiger charge is -2.30. The zero-order valence-electron chi connectivity index (χ0n) is 49.5. The number of para-hydroxylation sites is 1. The molecule has 0 aliphatic heterocycles. The van der Waals surface area contributed by atoms with Crippen molar-refractivity contribution in [3.63, 3.8) is 0 Å². The molecule has 0 saturated heterocycles. The van der Waals surface area contributed by atoms with E-state index in [9.17, 15) is 82.8 Å². The lowest BCUT2D eigenvalue weighted by atomic mass is 9.95. The molecular weight excluding hydrogens is 1150 g/mol. The number of nitrogens with one attached hydrogen (secondary N) is 11. The van der Waals surface area contributed by atoms with Crippen LogP contribution >= 0.6 is 0 Å². The average Bonchev–Trinajstić information content (AvgIpc) is 3.44. The first-order valence-electron chi connectivity index (χ1n) is 28.7. The number of nitrogens with two attached hydrogens (primary N) is 3. The van der Waals surface area contributed by atoms with Crippen molar-refractivity contribution < 1.29 is 82.8 Å². The van der Waals surface area contributed by atoms with Gasteiger partial charge in [0.15, 0.2) is 0 Å². The van der Waals surface area contributed by atoms with Gasteiger partial charge in [0.1, 0.15) is 60.4 Å². The molecule has 31 nitrogen and oxygen atoms in total. The molecule has 11 amide bonds. The van der Waals surface area contributed by atoms with Gasteiger partial charge in [-0.05, 0) is 74.2 Å². The van der Waals surface area contributed by atoms with E-state index in [0.29, 0.717) is 28.5 Å². The summed E-state index contributed by atoms with van der Waals surface area (Å²) in [7, 11) is 0. The number of primary amides is 1. The van der Waals surface area contributed by atoms with Crippen molar-refractivity contribution in [3.05, 3.63) is 71.9 Å². The summed E-state index contributed by atoms with van der Waals surface area (Å²) in [5, 5.41) is 64.5. The Labute approximate surface area is 507 Å². The van der Waals surface area contributed by atoms with Crippen molar-refractivity contribution in [2.75, 3.05) is 26.3 Å². The van der Waals surface area contributed by atoms with E-state index in [1.54, 1.807) is 88.5 Å². The number of carbonyl (C=O) groups excluding carboxylic acids is 11. The zero-order chi connectivity index (χ0) is 65.6. The predicted molar refractivity (Wildman–Crippen MR) is 316 cm³/mol. The smallest absolute Gasteiger partial charge is 0.326 e. The largest absolute Gasteiger partial charge is 0.481 e. The molecular formula is C57H84N14O17. The molecule has 484 valence electrons. The van der Waals surface area contributed by atoms with Crippen LogP contribution in [0.25, 0.3) is 10.9 Å². The fourth-order valence-electron chi connectivity index (χ4n) is 9.01. The molecule has 21 N–H and O–H groups in total. The van der Waals surface area contributed by atoms with Gasteiger partial charge in [-0.3, -0.25) is 57.5 Å². The topological polar surface area (TPSA) is 517 Å². The number of carbonyl (C=O) groups is 13. The molecule has 0 bridgehead atoms. The Hall–Kier alpha value is -9.07. The van der Waals surface area contributed by atoms with E-state index >= 15 is 0 Å². The highest BCUT2D eigenvalue weighted by atomic mass is 16.4. The number of hydrogen-bond donors (Lipinski definition) is 18. The minimum absolute atomic E-state index is 0.00942. The Balaban J connectivity index is 1.91. The molecule has 31 heteroatoms. The molecule has 1 heterocycles. The van der Waals surface area contributed by atoms with Crippen LogP contribution in [0.5, 0.6) is 0 Å². The third-order valence-corrected chi connectivity index (χ3v) is 14.3. The SMILES string of the molecule is CCC(C)C(NC(=O)C(NC(=O)C(CCC(=O)O)NC(=O)C(Cc1ccccc1)NC(=O)C(CCN)NC(=O)C(CCC(N)=O)NC(=O)C(CO)NC(=O)C(Cc1c[nH]c2ccccc12)NC(=O)C(CO)NC=O)C(C)C)C(=O)NC(CCCN)C(=O)O. The van der Waals surface area contributed by atoms with Crippen molar-refractivity contribution in [2.45, 2.75) is 152 Å². The Morgan fingerprint density at radius 1 is 0.523 bits per heavy atom. The molecule has 11 atom stereocenters. The summed E-state index contributed by atoms with van der Waals surface area (Å²) in [4.78, 5) is 176. The molecule has 3 rings (SSSR count). The van der Waals surface area contributed by atoms with Crippen molar-refractivity contribution in [3.8, 4) is 0 Å². The van der Waals surface area contributed by atoms with Crippen LogP contribution in [0.4, 0.5) is 0 Å². The first-order chi connectivity index (χ1) is 41.8. The molecule has 0 aliphatic rings. The Bertz CT molecular complexity index is 2870. The first-order valence-corrected chi connectivity index (χ1v) is 28.7. The van der Waals surface area contributed by atoms with E-state index in [-0.39, 0.29) is 51.6 Å². The van der Waals surface area contributed by atoms with Gasteiger partial charge in [0, 0.05) is 42.8 Å². The molecule has 0 saturated carbocycles. The van der Waals surface area contributed by atoms with Gasteiger partial charge in [0.25, 0.3) is 0 Å². The van der Waals surface area contributed by atoms with E-state index in [1.165, 1.54) is 0 Å². The maximum Gasteiger partial charge on any atom is 0.326 e. The number of aliphatic hydroxyl groups is 2. The van der Waals surface area contributed by atoms with E-state index < -0.39 is 182 Å². The van der Waals surface area contributed by atoms with Crippen molar-refractivity contribution in [1.29, 1.82) is 0 Å². The number of aromatic amines is 1. The van der Waals surface area contributed by atoms with Crippen molar-refractivity contribution in [2.24, 2.45) is 29.0 Å². The summed E-state index contributed by atoms with van der Waals surface area (Å²) < 4.78 is 0. The summed E-state index contributed by atoms with van der Waals surface area (Å²) in [5.41, 5.74) is 18.5. The monoisotopic (exact) mass is 1240 g/mol. The molecule has 0 spiro atoms. The highest BCUT2D eigenvalue weighted by Gasteiger charge is 2.37. The second-order valence-corrected chi connectivity index (χ2v) is 21.3. The van der Waals surface area contributed by atoms with Gasteiger partial charge in [-0.1, -0.05) is 82.6 Å². The number of fused-ring (bicyclic) bond motifs is 1. The quantitative estimate of drug-likeness (QED) is 0.0238. The van der Waals surface area contributed by atoms with Crippen molar-refractivity contribution in [1.82, 2.24) is 58.2 Å². The molecule has 0 radical (unpaired) electrons. The van der Waals surface area contributed by atoms with E-state index in [2.05, 4.69) is 58.2 Å². The number of rotatable bonds is 41. The van der Waals surface area contributed by atoms with Crippen molar-refractivity contribution >= 4 is 88.3 Å². The number of carboxylic acids is 2. The normalized spacial score (nSPS) is 14.9. The molecule has 0 aliphatic carbocycles. The Morgan fingerprint density at radius 3 is 1.51 bits per heavy atom. The van der Waals surface area contributed by atoms with Crippen LogP contribution < -0.4 is 70.4 Å². The van der Waals surface area contributed by atoms with Gasteiger partial charge in [-0.15, -0.1) is 0 Å². The van der Waals surface area contributed by atoms with Gasteiger partial charge in [-0.25, -0.2) is 4.79 Å². The van der Waals surface area contributed by atoms with Gasteiger partial charge >= 0.3 is 11.9 Å². The summed E-state index contributed by atoms with van der Waals surface area (Å²) >= 11 is 0. The van der Waals surface area contributed by atoms with Crippen LogP contribution in [0, 0.1) is 11.8 Å². The number of aliphatic hydroxyl groups excluding tert-OH is 2. The average molecular weight is 1240 g/mol. The fourth-order valence-corrected chi connectivity index (χ4v) is 9.01. The number of hydrogen-bond acceptors (Lipinski definition) is 17. The molecule has 0 fully saturated rings. The van der Waals surface area contributed by atoms with Crippen LogP contribution in [0.3, 0.4) is 0 Å². The Morgan fingerprint density at radius 2 is 0.989 bits per heavy atom. The number of benzene rings is 2. The van der Waals surface area contributed by atoms with Gasteiger partial charge < -0.3 is 95.8 Å². The molecule has 88 heavy (non-hydrogen) atoms. The molecule has 11 unspecified atom stereocenters. The fraction of sp³-hybridized carbons (Fsp3) is 0.526. The van der Waals surface area contributed by atoms with E-state index in [4.69, 9.17) is 17.2 Å². The maximum atomic E-state index is 14.4. The molecule has 3 aromatic rings. The number of carboxylic acid groups (broad SMARTS) is 2. The molecule has 2 aromatic carbocycles. The van der Waals surface area contributed by atoms with E-state index in [1.807, 2.05) is 0 Å². The van der Waals surface area contributed by atoms with Crippen LogP contribution in [0.2, 0.25) is 0 Å². The second kappa shape index (κ2) is 37.5. The van der Waals surface area contributed by atoms with Crippen LogP contribution in [-0.4, -0.2) is 190 Å². The summed E-state index contributed by atoms with van der Waals surface area (Å²) in [6.07, 6.45) is -0.688. The minimum atomic E-state index is -1.84. The second-order valence-electron chi connectivity index (χ2n) is 21.3. The first kappa shape index (κ1) is 73.2. The highest BCUT2D eigenvalue weighted by molar-refractivity contribution is 5.99. The van der Waals surface area contributed by atoms with Gasteiger partial charge in [0.2, 0.25) is 65.5 Å². The number of aliphatic carboxylic acids is 2. The summed E-state index contributed by atoms with van der Waals surface area (Å²) in [6, 6.07) is -0.354. The summed E-state index contributed by atoms with van der Waals surface area (Å²) in [5.74, 6) is -14.0. The number of H-pyrrole nitrogens is 1. The van der Waals surface area contributed by atoms with Gasteiger partial charge in [0.05, 0.1) is 13.2 Å². The highest BCUT2D eigenvalue weighted by Crippen LogP contribution is 2.20. The number of amides is 11. The zero-order valence-corrected chi connectivity index (χ0v) is 49.5. The van der Waals surface area contributed by atoms with Crippen LogP contribution in [0.15, 0.2) is 60.8 Å². The van der Waals surface area contributed by atoms with Crippen LogP contribution in [-0.2, 0) is 75.2 Å². The number of aromatic nitrogens is 1. The maximum absolute atomic E-state index is 14.4. The third-order valence-electron chi connectivity index (χ3n) is 14.3. The lowest BCUT2D eigenvalue weighted by molar-refractivity contribution is -0.143.